The Balaban J connectivity index is 2.16. The number of aromatic nitrogens is 2. The number of hydrogen-bond donors (Lipinski definition) is 2. The topological polar surface area (TPSA) is 76.4 Å². The zero-order valence-electron chi connectivity index (χ0n) is 10.0. The summed E-state index contributed by atoms with van der Waals surface area (Å²) in [5.74, 6) is -0.155. The zero-order chi connectivity index (χ0) is 12.5. The SMILES string of the molecule is CCn1ccnc1NC1COCC1(C)C(=O)O. The number of anilines is 1. The Morgan fingerprint density at radius 1 is 1.82 bits per heavy atom. The molecule has 1 fully saturated rings. The van der Waals surface area contributed by atoms with Crippen LogP contribution in [0.5, 0.6) is 0 Å². The van der Waals surface area contributed by atoms with Crippen LogP contribution < -0.4 is 5.32 Å². The summed E-state index contributed by atoms with van der Waals surface area (Å²) in [6.45, 7) is 5.11. The van der Waals surface area contributed by atoms with Gasteiger partial charge in [0.25, 0.3) is 0 Å². The molecule has 0 bridgehead atoms. The lowest BCUT2D eigenvalue weighted by atomic mass is 9.85. The molecule has 6 heteroatoms. The van der Waals surface area contributed by atoms with Crippen molar-refractivity contribution in [1.82, 2.24) is 9.55 Å². The van der Waals surface area contributed by atoms with E-state index in [0.29, 0.717) is 12.6 Å². The minimum atomic E-state index is -0.898. The van der Waals surface area contributed by atoms with Gasteiger partial charge >= 0.3 is 5.97 Å². The Bertz CT molecular complexity index is 418. The third-order valence-electron chi connectivity index (χ3n) is 3.30. The summed E-state index contributed by atoms with van der Waals surface area (Å²) in [7, 11) is 0. The van der Waals surface area contributed by atoms with E-state index in [1.54, 1.807) is 13.1 Å². The second kappa shape index (κ2) is 4.37. The normalized spacial score (nSPS) is 28.2. The van der Waals surface area contributed by atoms with Crippen molar-refractivity contribution in [3.05, 3.63) is 12.4 Å². The van der Waals surface area contributed by atoms with Crippen LogP contribution in [-0.4, -0.2) is 39.9 Å². The Labute approximate surface area is 99.6 Å². The minimum Gasteiger partial charge on any atom is -0.481 e. The molecule has 1 aliphatic rings. The average Bonchev–Trinajstić information content (AvgIpc) is 2.88. The quantitative estimate of drug-likeness (QED) is 0.813. The molecule has 1 aromatic heterocycles. The van der Waals surface area contributed by atoms with Gasteiger partial charge in [-0.1, -0.05) is 0 Å². The molecule has 1 aromatic rings. The van der Waals surface area contributed by atoms with Crippen molar-refractivity contribution in [2.75, 3.05) is 18.5 Å². The van der Waals surface area contributed by atoms with Crippen LogP contribution in [0, 0.1) is 5.41 Å². The van der Waals surface area contributed by atoms with Gasteiger partial charge in [0.15, 0.2) is 0 Å². The van der Waals surface area contributed by atoms with E-state index in [1.165, 1.54) is 0 Å². The van der Waals surface area contributed by atoms with Gasteiger partial charge in [-0.15, -0.1) is 0 Å². The molecule has 1 aliphatic heterocycles. The summed E-state index contributed by atoms with van der Waals surface area (Å²) in [4.78, 5) is 15.4. The predicted molar refractivity (Wildman–Crippen MR) is 61.9 cm³/mol. The number of imidazole rings is 1. The van der Waals surface area contributed by atoms with Crippen LogP contribution in [0.3, 0.4) is 0 Å². The lowest BCUT2D eigenvalue weighted by Crippen LogP contribution is -2.43. The van der Waals surface area contributed by atoms with Crippen molar-refractivity contribution in [1.29, 1.82) is 0 Å². The molecule has 94 valence electrons. The summed E-state index contributed by atoms with van der Waals surface area (Å²) in [6, 6.07) is -0.257. The number of hydrogen-bond acceptors (Lipinski definition) is 4. The third kappa shape index (κ3) is 2.00. The van der Waals surface area contributed by atoms with Gasteiger partial charge in [-0.25, -0.2) is 4.98 Å². The molecule has 0 aromatic carbocycles. The smallest absolute Gasteiger partial charge is 0.313 e. The second-order valence-corrected chi connectivity index (χ2v) is 4.47. The molecular weight excluding hydrogens is 222 g/mol. The summed E-state index contributed by atoms with van der Waals surface area (Å²) in [5, 5.41) is 12.4. The van der Waals surface area contributed by atoms with E-state index >= 15 is 0 Å². The molecule has 0 saturated carbocycles. The van der Waals surface area contributed by atoms with Crippen molar-refractivity contribution in [3.63, 3.8) is 0 Å². The molecule has 2 unspecified atom stereocenters. The molecular formula is C11H17N3O3. The Morgan fingerprint density at radius 3 is 3.24 bits per heavy atom. The van der Waals surface area contributed by atoms with Crippen molar-refractivity contribution >= 4 is 11.9 Å². The highest BCUT2D eigenvalue weighted by atomic mass is 16.5. The van der Waals surface area contributed by atoms with E-state index in [9.17, 15) is 9.90 Å². The van der Waals surface area contributed by atoms with Crippen molar-refractivity contribution in [2.45, 2.75) is 26.4 Å². The average molecular weight is 239 g/mol. The van der Waals surface area contributed by atoms with E-state index in [2.05, 4.69) is 10.3 Å². The van der Waals surface area contributed by atoms with Gasteiger partial charge in [0.1, 0.15) is 5.41 Å². The fourth-order valence-corrected chi connectivity index (χ4v) is 1.95. The fourth-order valence-electron chi connectivity index (χ4n) is 1.95. The first kappa shape index (κ1) is 11.9. The maximum Gasteiger partial charge on any atom is 0.313 e. The zero-order valence-corrected chi connectivity index (χ0v) is 10.0. The number of rotatable bonds is 4. The van der Waals surface area contributed by atoms with Gasteiger partial charge in [-0.3, -0.25) is 4.79 Å². The largest absolute Gasteiger partial charge is 0.481 e. The van der Waals surface area contributed by atoms with Crippen LogP contribution in [0.1, 0.15) is 13.8 Å². The Hall–Kier alpha value is -1.56. The van der Waals surface area contributed by atoms with Crippen molar-refractivity contribution in [3.8, 4) is 0 Å². The van der Waals surface area contributed by atoms with Gasteiger partial charge in [0.05, 0.1) is 19.3 Å². The van der Waals surface area contributed by atoms with Gasteiger partial charge in [-0.2, -0.15) is 0 Å². The highest BCUT2D eigenvalue weighted by Crippen LogP contribution is 2.30. The van der Waals surface area contributed by atoms with Crippen LogP contribution in [0.15, 0.2) is 12.4 Å². The van der Waals surface area contributed by atoms with Crippen LogP contribution in [-0.2, 0) is 16.1 Å². The van der Waals surface area contributed by atoms with Crippen LogP contribution >= 0.6 is 0 Å². The molecule has 2 N–H and O–H groups in total. The van der Waals surface area contributed by atoms with Gasteiger partial charge in [0.2, 0.25) is 5.95 Å². The van der Waals surface area contributed by atoms with Crippen molar-refractivity contribution < 1.29 is 14.6 Å². The minimum absolute atomic E-state index is 0.229. The monoisotopic (exact) mass is 239 g/mol. The molecule has 0 amide bonds. The summed E-state index contributed by atoms with van der Waals surface area (Å²) in [6.07, 6.45) is 3.55. The van der Waals surface area contributed by atoms with E-state index in [1.807, 2.05) is 17.7 Å². The van der Waals surface area contributed by atoms with E-state index in [-0.39, 0.29) is 12.6 Å². The Kier molecular flexibility index (Phi) is 3.06. The first-order valence-corrected chi connectivity index (χ1v) is 5.66. The second-order valence-electron chi connectivity index (χ2n) is 4.47. The number of carbonyl (C=O) groups is 1. The number of nitrogens with one attached hydrogen (secondary N) is 1. The first-order valence-electron chi connectivity index (χ1n) is 5.66. The standard InChI is InChI=1S/C11H17N3O3/c1-3-14-5-4-12-10(14)13-8-6-17-7-11(8,2)9(15)16/h4-5,8H,3,6-7H2,1-2H3,(H,12,13)(H,15,16). The lowest BCUT2D eigenvalue weighted by Gasteiger charge is -2.26. The van der Waals surface area contributed by atoms with Crippen molar-refractivity contribution in [2.24, 2.45) is 5.41 Å². The number of carboxylic acid groups (broad SMARTS) is 1. The maximum atomic E-state index is 11.3. The van der Waals surface area contributed by atoms with Gasteiger partial charge < -0.3 is 19.7 Å². The molecule has 0 aliphatic carbocycles. The van der Waals surface area contributed by atoms with Gasteiger partial charge in [-0.05, 0) is 13.8 Å². The number of carboxylic acids is 1. The molecule has 2 atom stereocenters. The Morgan fingerprint density at radius 2 is 2.59 bits per heavy atom. The molecule has 0 spiro atoms. The number of aliphatic carboxylic acids is 1. The number of aryl methyl sites for hydroxylation is 1. The fraction of sp³-hybridized carbons (Fsp3) is 0.636. The highest BCUT2D eigenvalue weighted by Gasteiger charge is 2.47. The summed E-state index contributed by atoms with van der Waals surface area (Å²) < 4.78 is 7.21. The highest BCUT2D eigenvalue weighted by molar-refractivity contribution is 5.76. The predicted octanol–water partition coefficient (Wildman–Crippen LogP) is 0.805. The molecule has 0 radical (unpaired) electrons. The molecule has 17 heavy (non-hydrogen) atoms. The molecule has 6 nitrogen and oxygen atoms in total. The van der Waals surface area contributed by atoms with Crippen LogP contribution in [0.4, 0.5) is 5.95 Å². The third-order valence-corrected chi connectivity index (χ3v) is 3.30. The van der Waals surface area contributed by atoms with E-state index < -0.39 is 11.4 Å². The van der Waals surface area contributed by atoms with Gasteiger partial charge in [0, 0.05) is 18.9 Å². The molecule has 1 saturated heterocycles. The van der Waals surface area contributed by atoms with Crippen LogP contribution in [0.2, 0.25) is 0 Å². The van der Waals surface area contributed by atoms with E-state index in [4.69, 9.17) is 4.74 Å². The summed E-state index contributed by atoms with van der Waals surface area (Å²) in [5.41, 5.74) is -0.898. The first-order chi connectivity index (χ1) is 8.08. The maximum absolute atomic E-state index is 11.3. The number of nitrogens with zero attached hydrogens (tertiary/aromatic N) is 2. The summed E-state index contributed by atoms with van der Waals surface area (Å²) >= 11 is 0. The number of ether oxygens (including phenoxy) is 1. The lowest BCUT2D eigenvalue weighted by molar-refractivity contribution is -0.148. The molecule has 2 rings (SSSR count). The van der Waals surface area contributed by atoms with Crippen LogP contribution in [0.25, 0.3) is 0 Å². The van der Waals surface area contributed by atoms with E-state index in [0.717, 1.165) is 6.54 Å². The molecule has 2 heterocycles.